The summed E-state index contributed by atoms with van der Waals surface area (Å²) >= 11 is 1.45. The van der Waals surface area contributed by atoms with Crippen LogP contribution in [0.15, 0.2) is 24.4 Å². The Hall–Kier alpha value is -2.48. The number of anilines is 1. The zero-order valence-electron chi connectivity index (χ0n) is 11.0. The largest absolute Gasteiger partial charge is 0.478 e. The topological polar surface area (TPSA) is 91.3 Å². The van der Waals surface area contributed by atoms with Crippen LogP contribution < -0.4 is 10.6 Å². The average Bonchev–Trinajstić information content (AvgIpc) is 2.84. The van der Waals surface area contributed by atoms with Crippen LogP contribution in [0.5, 0.6) is 0 Å². The van der Waals surface area contributed by atoms with Crippen molar-refractivity contribution in [3.8, 4) is 0 Å². The Morgan fingerprint density at radius 2 is 2.19 bits per heavy atom. The summed E-state index contributed by atoms with van der Waals surface area (Å²) < 4.78 is 13.0. The summed E-state index contributed by atoms with van der Waals surface area (Å²) in [7, 11) is 0. The van der Waals surface area contributed by atoms with Gasteiger partial charge in [0.15, 0.2) is 0 Å². The molecular formula is C13H12FN3O3S. The van der Waals surface area contributed by atoms with Crippen molar-refractivity contribution in [2.45, 2.75) is 13.5 Å². The van der Waals surface area contributed by atoms with Crippen LogP contribution in [0.1, 0.15) is 20.2 Å². The molecule has 0 bridgehead atoms. The van der Waals surface area contributed by atoms with E-state index >= 15 is 0 Å². The van der Waals surface area contributed by atoms with E-state index in [2.05, 4.69) is 15.6 Å². The lowest BCUT2D eigenvalue weighted by Gasteiger charge is -2.09. The van der Waals surface area contributed by atoms with Crippen molar-refractivity contribution < 1.29 is 19.1 Å². The summed E-state index contributed by atoms with van der Waals surface area (Å²) in [5.41, 5.74) is -0.285. The molecule has 0 spiro atoms. The van der Waals surface area contributed by atoms with Crippen LogP contribution >= 0.6 is 11.3 Å². The number of benzene rings is 1. The maximum atomic E-state index is 13.0. The molecule has 2 rings (SSSR count). The first kappa shape index (κ1) is 14.9. The second kappa shape index (κ2) is 6.31. The van der Waals surface area contributed by atoms with Crippen molar-refractivity contribution in [1.29, 1.82) is 0 Å². The second-order valence-corrected chi connectivity index (χ2v) is 5.49. The highest BCUT2D eigenvalue weighted by molar-refractivity contribution is 7.11. The molecule has 0 aliphatic rings. The molecule has 0 aliphatic heterocycles. The van der Waals surface area contributed by atoms with Gasteiger partial charge in [-0.05, 0) is 25.1 Å². The smallest absolute Gasteiger partial charge is 0.337 e. The first-order valence-corrected chi connectivity index (χ1v) is 6.76. The van der Waals surface area contributed by atoms with E-state index in [-0.39, 0.29) is 17.8 Å². The molecule has 0 atom stereocenters. The summed E-state index contributed by atoms with van der Waals surface area (Å²) in [5, 5.41) is 14.6. The molecule has 0 fully saturated rings. The van der Waals surface area contributed by atoms with Gasteiger partial charge in [0.2, 0.25) is 0 Å². The number of hydrogen-bond donors (Lipinski definition) is 3. The molecule has 0 saturated carbocycles. The maximum Gasteiger partial charge on any atom is 0.337 e. The van der Waals surface area contributed by atoms with Crippen LogP contribution in [-0.4, -0.2) is 22.1 Å². The molecule has 1 aromatic carbocycles. The van der Waals surface area contributed by atoms with E-state index in [0.29, 0.717) is 0 Å². The lowest BCUT2D eigenvalue weighted by molar-refractivity contribution is 0.0697. The fourth-order valence-corrected chi connectivity index (χ4v) is 2.33. The molecule has 8 heteroatoms. The number of carboxylic acid groups (broad SMARTS) is 1. The van der Waals surface area contributed by atoms with E-state index in [4.69, 9.17) is 5.11 Å². The van der Waals surface area contributed by atoms with Crippen molar-refractivity contribution in [2.24, 2.45) is 0 Å². The number of nitrogens with zero attached hydrogens (tertiary/aromatic N) is 1. The number of aromatic carboxylic acids is 1. The van der Waals surface area contributed by atoms with E-state index in [1.54, 1.807) is 6.20 Å². The van der Waals surface area contributed by atoms with Crippen LogP contribution in [0.3, 0.4) is 0 Å². The molecule has 21 heavy (non-hydrogen) atoms. The molecule has 0 saturated heterocycles. The number of halogens is 1. The quantitative estimate of drug-likeness (QED) is 0.809. The SMILES string of the molecule is Cc1cnc(CNC(=O)Nc2ccc(F)cc2C(=O)O)s1. The molecular weight excluding hydrogens is 297 g/mol. The number of carbonyl (C=O) groups is 2. The Kier molecular flexibility index (Phi) is 4.49. The number of aryl methyl sites for hydroxylation is 1. The summed E-state index contributed by atoms with van der Waals surface area (Å²) in [6.07, 6.45) is 1.70. The van der Waals surface area contributed by atoms with Gasteiger partial charge >= 0.3 is 12.0 Å². The Morgan fingerprint density at radius 3 is 2.81 bits per heavy atom. The van der Waals surface area contributed by atoms with E-state index in [9.17, 15) is 14.0 Å². The summed E-state index contributed by atoms with van der Waals surface area (Å²) in [4.78, 5) is 27.8. The molecule has 0 radical (unpaired) electrons. The van der Waals surface area contributed by atoms with Gasteiger partial charge in [0.1, 0.15) is 10.8 Å². The molecule has 1 heterocycles. The third kappa shape index (κ3) is 3.99. The fourth-order valence-electron chi connectivity index (χ4n) is 1.61. The van der Waals surface area contributed by atoms with Gasteiger partial charge in [-0.2, -0.15) is 0 Å². The predicted octanol–water partition coefficient (Wildman–Crippen LogP) is 2.61. The maximum absolute atomic E-state index is 13.0. The van der Waals surface area contributed by atoms with Crippen molar-refractivity contribution in [3.63, 3.8) is 0 Å². The van der Waals surface area contributed by atoms with Crippen LogP contribution in [0.25, 0.3) is 0 Å². The molecule has 110 valence electrons. The number of rotatable bonds is 4. The normalized spacial score (nSPS) is 10.2. The Balaban J connectivity index is 2.01. The zero-order valence-corrected chi connectivity index (χ0v) is 11.8. The molecule has 0 aliphatic carbocycles. The second-order valence-electron chi connectivity index (χ2n) is 4.17. The third-order valence-electron chi connectivity index (χ3n) is 2.53. The van der Waals surface area contributed by atoms with Gasteiger partial charge in [-0.1, -0.05) is 0 Å². The highest BCUT2D eigenvalue weighted by Crippen LogP contribution is 2.17. The fraction of sp³-hybridized carbons (Fsp3) is 0.154. The van der Waals surface area contributed by atoms with Gasteiger partial charge in [0.25, 0.3) is 0 Å². The first-order valence-electron chi connectivity index (χ1n) is 5.94. The number of carboxylic acids is 1. The van der Waals surface area contributed by atoms with Gasteiger partial charge in [0.05, 0.1) is 17.8 Å². The van der Waals surface area contributed by atoms with Crippen molar-refractivity contribution >= 4 is 29.0 Å². The summed E-state index contributed by atoms with van der Waals surface area (Å²) in [6, 6.07) is 2.54. The van der Waals surface area contributed by atoms with Crippen LogP contribution in [0.2, 0.25) is 0 Å². The number of hydrogen-bond acceptors (Lipinski definition) is 4. The number of thiazole rings is 1. The van der Waals surface area contributed by atoms with E-state index in [0.717, 1.165) is 22.0 Å². The minimum Gasteiger partial charge on any atom is -0.478 e. The molecule has 0 unspecified atom stereocenters. The lowest BCUT2D eigenvalue weighted by Crippen LogP contribution is -2.28. The van der Waals surface area contributed by atoms with Crippen LogP contribution in [0.4, 0.5) is 14.9 Å². The highest BCUT2D eigenvalue weighted by Gasteiger charge is 2.13. The summed E-state index contributed by atoms with van der Waals surface area (Å²) in [6.45, 7) is 2.13. The van der Waals surface area contributed by atoms with E-state index in [1.807, 2.05) is 6.92 Å². The summed E-state index contributed by atoms with van der Waals surface area (Å²) in [5.74, 6) is -2.00. The van der Waals surface area contributed by atoms with Gasteiger partial charge in [-0.3, -0.25) is 0 Å². The average molecular weight is 309 g/mol. The molecule has 3 N–H and O–H groups in total. The molecule has 2 aromatic rings. The van der Waals surface area contributed by atoms with Crippen molar-refractivity contribution in [2.75, 3.05) is 5.32 Å². The Bertz CT molecular complexity index is 687. The van der Waals surface area contributed by atoms with Gasteiger partial charge in [0, 0.05) is 11.1 Å². The Labute approximate surface area is 123 Å². The first-order chi connectivity index (χ1) is 9.95. The highest BCUT2D eigenvalue weighted by atomic mass is 32.1. The molecule has 1 aromatic heterocycles. The number of nitrogens with one attached hydrogen (secondary N) is 2. The van der Waals surface area contributed by atoms with E-state index < -0.39 is 17.8 Å². The third-order valence-corrected chi connectivity index (χ3v) is 3.44. The molecule has 6 nitrogen and oxygen atoms in total. The number of amides is 2. The number of aromatic nitrogens is 1. The number of carbonyl (C=O) groups excluding carboxylic acids is 1. The number of urea groups is 1. The Morgan fingerprint density at radius 1 is 1.43 bits per heavy atom. The zero-order chi connectivity index (χ0) is 15.4. The minimum atomic E-state index is -1.32. The minimum absolute atomic E-state index is 0.0247. The molecule has 2 amide bonds. The standard InChI is InChI=1S/C13H12FN3O3S/c1-7-5-15-11(21-7)6-16-13(20)17-10-3-2-8(14)4-9(10)12(18)19/h2-5H,6H2,1H3,(H,18,19)(H2,16,17,20). The van der Waals surface area contributed by atoms with Crippen molar-refractivity contribution in [1.82, 2.24) is 10.3 Å². The van der Waals surface area contributed by atoms with Crippen LogP contribution in [0, 0.1) is 12.7 Å². The van der Waals surface area contributed by atoms with Gasteiger partial charge < -0.3 is 15.7 Å². The predicted molar refractivity (Wildman–Crippen MR) is 76.1 cm³/mol. The van der Waals surface area contributed by atoms with Crippen molar-refractivity contribution in [3.05, 3.63) is 45.7 Å². The lowest BCUT2D eigenvalue weighted by atomic mass is 10.2. The van der Waals surface area contributed by atoms with Crippen LogP contribution in [-0.2, 0) is 6.54 Å². The van der Waals surface area contributed by atoms with Gasteiger partial charge in [-0.25, -0.2) is 19.0 Å². The monoisotopic (exact) mass is 309 g/mol. The van der Waals surface area contributed by atoms with E-state index in [1.165, 1.54) is 17.4 Å². The van der Waals surface area contributed by atoms with Gasteiger partial charge in [-0.15, -0.1) is 11.3 Å².